The van der Waals surface area contributed by atoms with Crippen LogP contribution in [-0.4, -0.2) is 33.8 Å². The number of esters is 1. The van der Waals surface area contributed by atoms with E-state index in [-0.39, 0.29) is 11.1 Å². The molecule has 3 rings (SSSR count). The van der Waals surface area contributed by atoms with Crippen molar-refractivity contribution >= 4 is 40.2 Å². The molecule has 0 bridgehead atoms. The molecular formula is C17H16ClN3O2S. The van der Waals surface area contributed by atoms with Gasteiger partial charge in [0, 0.05) is 11.6 Å². The van der Waals surface area contributed by atoms with Crippen LogP contribution in [0.2, 0.25) is 5.15 Å². The van der Waals surface area contributed by atoms with E-state index < -0.39 is 5.41 Å². The first-order valence-electron chi connectivity index (χ1n) is 7.50. The molecular weight excluding hydrogens is 346 g/mol. The number of fused-ring (bicyclic) bond motifs is 1. The Morgan fingerprint density at radius 3 is 2.92 bits per heavy atom. The molecule has 24 heavy (non-hydrogen) atoms. The molecule has 0 aromatic carbocycles. The van der Waals surface area contributed by atoms with E-state index in [0.717, 1.165) is 5.39 Å². The largest absolute Gasteiger partial charge is 0.465 e. The highest BCUT2D eigenvalue weighted by atomic mass is 35.5. The predicted octanol–water partition coefficient (Wildman–Crippen LogP) is 3.72. The summed E-state index contributed by atoms with van der Waals surface area (Å²) in [6, 6.07) is 1.81. The van der Waals surface area contributed by atoms with E-state index in [1.54, 1.807) is 13.1 Å². The highest BCUT2D eigenvalue weighted by Crippen LogP contribution is 2.36. The van der Waals surface area contributed by atoms with Gasteiger partial charge in [0.1, 0.15) is 10.9 Å². The Kier molecular flexibility index (Phi) is 4.87. The van der Waals surface area contributed by atoms with Crippen LogP contribution in [0.4, 0.5) is 0 Å². The second kappa shape index (κ2) is 6.91. The molecule has 0 spiro atoms. The van der Waals surface area contributed by atoms with Gasteiger partial charge in [-0.1, -0.05) is 47.7 Å². The number of hydrogen-bond acceptors (Lipinski definition) is 6. The van der Waals surface area contributed by atoms with Crippen LogP contribution in [0.3, 0.4) is 0 Å². The first kappa shape index (κ1) is 16.9. The molecule has 1 atom stereocenters. The number of carbonyl (C=O) groups excluding carboxylic acids is 1. The molecule has 2 aromatic heterocycles. The predicted molar refractivity (Wildman–Crippen MR) is 95.3 cm³/mol. The summed E-state index contributed by atoms with van der Waals surface area (Å²) >= 11 is 7.78. The van der Waals surface area contributed by atoms with E-state index in [9.17, 15) is 4.79 Å². The first-order valence-corrected chi connectivity index (χ1v) is 9.10. The van der Waals surface area contributed by atoms with Gasteiger partial charge in [0.2, 0.25) is 0 Å². The molecule has 5 nitrogen and oxygen atoms in total. The van der Waals surface area contributed by atoms with Crippen LogP contribution < -0.4 is 0 Å². The second-order valence-electron chi connectivity index (χ2n) is 5.28. The standard InChI is InChI=1S/C17H16ClN3O2S/c1-3-23-15(22)17(7-5-4-6-8-17)12-9-11-10-19-16(24-2)21-13(11)14(18)20-12/h4-7,9-10H,3,8H2,1-2H3/t17-/m0/s1. The van der Waals surface area contributed by atoms with Crippen molar-refractivity contribution < 1.29 is 9.53 Å². The minimum Gasteiger partial charge on any atom is -0.465 e. The molecule has 2 aromatic rings. The molecule has 0 N–H and O–H groups in total. The smallest absolute Gasteiger partial charge is 0.322 e. The topological polar surface area (TPSA) is 65.0 Å². The SMILES string of the molecule is CCOC(=O)[C@@]1(c2cc3cnc(SC)nc3c(Cl)n2)C=CC=CC1. The van der Waals surface area contributed by atoms with Gasteiger partial charge < -0.3 is 4.74 Å². The summed E-state index contributed by atoms with van der Waals surface area (Å²) in [5, 5.41) is 1.63. The van der Waals surface area contributed by atoms with Gasteiger partial charge >= 0.3 is 5.97 Å². The number of pyridine rings is 1. The third kappa shape index (κ3) is 2.91. The lowest BCUT2D eigenvalue weighted by atomic mass is 9.78. The van der Waals surface area contributed by atoms with E-state index in [1.165, 1.54) is 11.8 Å². The summed E-state index contributed by atoms with van der Waals surface area (Å²) in [6.07, 6.45) is 11.5. The molecule has 0 aliphatic heterocycles. The Labute approximate surface area is 149 Å². The molecule has 1 aliphatic rings. The van der Waals surface area contributed by atoms with Gasteiger partial charge in [-0.2, -0.15) is 0 Å². The fourth-order valence-corrected chi connectivity index (χ4v) is 3.22. The zero-order chi connectivity index (χ0) is 17.2. The Morgan fingerprint density at radius 1 is 1.42 bits per heavy atom. The third-order valence-corrected chi connectivity index (χ3v) is 4.67. The molecule has 7 heteroatoms. The van der Waals surface area contributed by atoms with Gasteiger partial charge in [-0.15, -0.1) is 0 Å². The molecule has 0 amide bonds. The van der Waals surface area contributed by atoms with Crippen molar-refractivity contribution in [2.75, 3.05) is 12.9 Å². The average molecular weight is 362 g/mol. The zero-order valence-corrected chi connectivity index (χ0v) is 14.9. The number of halogens is 1. The Morgan fingerprint density at radius 2 is 2.25 bits per heavy atom. The number of carbonyl (C=O) groups is 1. The monoisotopic (exact) mass is 361 g/mol. The quantitative estimate of drug-likeness (QED) is 0.358. The van der Waals surface area contributed by atoms with E-state index in [1.807, 2.05) is 36.6 Å². The van der Waals surface area contributed by atoms with E-state index in [4.69, 9.17) is 16.3 Å². The molecule has 0 radical (unpaired) electrons. The van der Waals surface area contributed by atoms with Crippen LogP contribution in [0.1, 0.15) is 19.0 Å². The molecule has 0 saturated heterocycles. The molecule has 124 valence electrons. The maximum Gasteiger partial charge on any atom is 0.322 e. The van der Waals surface area contributed by atoms with Gasteiger partial charge in [-0.3, -0.25) is 4.79 Å². The Balaban J connectivity index is 2.17. The van der Waals surface area contributed by atoms with Crippen molar-refractivity contribution in [1.29, 1.82) is 0 Å². The van der Waals surface area contributed by atoms with Crippen molar-refractivity contribution in [3.05, 3.63) is 47.4 Å². The molecule has 2 heterocycles. The fourth-order valence-electron chi connectivity index (χ4n) is 2.64. The van der Waals surface area contributed by atoms with Crippen LogP contribution in [-0.2, 0) is 14.9 Å². The second-order valence-corrected chi connectivity index (χ2v) is 6.41. The summed E-state index contributed by atoms with van der Waals surface area (Å²) in [7, 11) is 0. The fraction of sp³-hybridized carbons (Fsp3) is 0.294. The lowest BCUT2D eigenvalue weighted by molar-refractivity contribution is -0.148. The summed E-state index contributed by atoms with van der Waals surface area (Å²) in [5.74, 6) is -0.338. The molecule has 0 unspecified atom stereocenters. The van der Waals surface area contributed by atoms with Gasteiger partial charge in [0.05, 0.1) is 12.3 Å². The summed E-state index contributed by atoms with van der Waals surface area (Å²) in [5.41, 5.74) is 0.148. The van der Waals surface area contributed by atoms with Crippen LogP contribution in [0.5, 0.6) is 0 Å². The summed E-state index contributed by atoms with van der Waals surface area (Å²) in [4.78, 5) is 25.8. The number of thioether (sulfide) groups is 1. The zero-order valence-electron chi connectivity index (χ0n) is 13.3. The third-order valence-electron chi connectivity index (χ3n) is 3.85. The Bertz CT molecular complexity index is 853. The molecule has 0 saturated carbocycles. The Hall–Kier alpha value is -1.92. The minimum absolute atomic E-state index is 0.256. The van der Waals surface area contributed by atoms with Crippen LogP contribution in [0.25, 0.3) is 10.9 Å². The summed E-state index contributed by atoms with van der Waals surface area (Å²) < 4.78 is 5.29. The lowest BCUT2D eigenvalue weighted by Crippen LogP contribution is -2.37. The molecule has 0 fully saturated rings. The van der Waals surface area contributed by atoms with Crippen molar-refractivity contribution in [1.82, 2.24) is 15.0 Å². The number of rotatable bonds is 4. The van der Waals surface area contributed by atoms with Gasteiger partial charge in [0.15, 0.2) is 10.3 Å². The normalized spacial score (nSPS) is 19.6. The number of nitrogens with zero attached hydrogens (tertiary/aromatic N) is 3. The maximum absolute atomic E-state index is 12.6. The van der Waals surface area contributed by atoms with Gasteiger partial charge in [0.25, 0.3) is 0 Å². The number of aromatic nitrogens is 3. The highest BCUT2D eigenvalue weighted by Gasteiger charge is 2.41. The van der Waals surface area contributed by atoms with E-state index in [2.05, 4.69) is 15.0 Å². The maximum atomic E-state index is 12.6. The number of ether oxygens (including phenoxy) is 1. The minimum atomic E-state index is -0.971. The highest BCUT2D eigenvalue weighted by molar-refractivity contribution is 7.98. The van der Waals surface area contributed by atoms with Crippen molar-refractivity contribution in [3.63, 3.8) is 0 Å². The van der Waals surface area contributed by atoms with Crippen LogP contribution in [0.15, 0.2) is 41.7 Å². The lowest BCUT2D eigenvalue weighted by Gasteiger charge is -2.28. The number of allylic oxidation sites excluding steroid dienone is 3. The summed E-state index contributed by atoms with van der Waals surface area (Å²) in [6.45, 7) is 2.09. The average Bonchev–Trinajstić information content (AvgIpc) is 2.62. The molecule has 1 aliphatic carbocycles. The van der Waals surface area contributed by atoms with Crippen LogP contribution in [0, 0.1) is 0 Å². The number of hydrogen-bond donors (Lipinski definition) is 0. The van der Waals surface area contributed by atoms with E-state index >= 15 is 0 Å². The van der Waals surface area contributed by atoms with Gasteiger partial charge in [-0.05, 0) is 25.7 Å². The first-order chi connectivity index (χ1) is 11.6. The van der Waals surface area contributed by atoms with Crippen molar-refractivity contribution in [2.24, 2.45) is 0 Å². The van der Waals surface area contributed by atoms with Gasteiger partial charge in [-0.25, -0.2) is 15.0 Å². The van der Waals surface area contributed by atoms with Crippen molar-refractivity contribution in [3.8, 4) is 0 Å². The van der Waals surface area contributed by atoms with Crippen LogP contribution >= 0.6 is 23.4 Å². The van der Waals surface area contributed by atoms with Crippen molar-refractivity contribution in [2.45, 2.75) is 23.9 Å². The van der Waals surface area contributed by atoms with E-state index in [0.29, 0.717) is 29.4 Å².